The van der Waals surface area contributed by atoms with Crippen LogP contribution in [0.4, 0.5) is 0 Å². The summed E-state index contributed by atoms with van der Waals surface area (Å²) < 4.78 is 13.8. The Balaban J connectivity index is 4.01. The van der Waals surface area contributed by atoms with Gasteiger partial charge in [-0.25, -0.2) is 4.57 Å². The monoisotopic (exact) mass is 228 g/mol. The zero-order valence-corrected chi connectivity index (χ0v) is 8.42. The molecule has 0 aromatic heterocycles. The maximum atomic E-state index is 10.7. The van der Waals surface area contributed by atoms with Crippen LogP contribution in [-0.2, 0) is 13.9 Å². The molecule has 0 saturated heterocycles. The van der Waals surface area contributed by atoms with Crippen molar-refractivity contribution in [1.82, 2.24) is 0 Å². The molecule has 0 radical (unpaired) electrons. The fourth-order valence-corrected chi connectivity index (χ4v) is 1.09. The molecule has 0 spiro atoms. The SMILES string of the molecule is CC[C@@H](O)[C@@H](O)CC(=O)OP(=O)(O)O. The Morgan fingerprint density at radius 2 is 1.86 bits per heavy atom. The lowest BCUT2D eigenvalue weighted by molar-refractivity contribution is -0.139. The Morgan fingerprint density at radius 3 is 2.21 bits per heavy atom. The first-order valence-corrected chi connectivity index (χ1v) is 5.43. The molecule has 4 N–H and O–H groups in total. The number of aliphatic hydroxyl groups excluding tert-OH is 2. The third-order valence-corrected chi connectivity index (χ3v) is 1.90. The summed E-state index contributed by atoms with van der Waals surface area (Å²) in [5.74, 6) is -1.25. The number of phosphoric ester groups is 1. The van der Waals surface area contributed by atoms with Crippen LogP contribution in [0.2, 0.25) is 0 Å². The molecule has 0 fully saturated rings. The van der Waals surface area contributed by atoms with Crippen molar-refractivity contribution in [1.29, 1.82) is 0 Å². The van der Waals surface area contributed by atoms with Gasteiger partial charge in [-0.3, -0.25) is 14.6 Å². The van der Waals surface area contributed by atoms with E-state index in [4.69, 9.17) is 20.0 Å². The van der Waals surface area contributed by atoms with Crippen LogP contribution in [0, 0.1) is 0 Å². The van der Waals surface area contributed by atoms with Crippen LogP contribution < -0.4 is 0 Å². The van der Waals surface area contributed by atoms with E-state index in [2.05, 4.69) is 4.52 Å². The molecule has 0 aliphatic carbocycles. The van der Waals surface area contributed by atoms with E-state index in [0.29, 0.717) is 0 Å². The van der Waals surface area contributed by atoms with E-state index in [-0.39, 0.29) is 6.42 Å². The highest BCUT2D eigenvalue weighted by Crippen LogP contribution is 2.36. The Kier molecular flexibility index (Phi) is 5.25. The van der Waals surface area contributed by atoms with E-state index in [1.165, 1.54) is 0 Å². The highest BCUT2D eigenvalue weighted by molar-refractivity contribution is 7.46. The van der Waals surface area contributed by atoms with Crippen LogP contribution in [0.25, 0.3) is 0 Å². The second-order valence-corrected chi connectivity index (χ2v) is 3.86. The number of hydrogen-bond donors (Lipinski definition) is 4. The van der Waals surface area contributed by atoms with Crippen LogP contribution >= 0.6 is 7.82 Å². The number of carbonyl (C=O) groups is 1. The second kappa shape index (κ2) is 5.43. The molecule has 0 unspecified atom stereocenters. The first kappa shape index (κ1) is 13.5. The quantitative estimate of drug-likeness (QED) is 0.451. The summed E-state index contributed by atoms with van der Waals surface area (Å²) in [5.41, 5.74) is 0. The Hall–Kier alpha value is -0.460. The standard InChI is InChI=1S/C6H13O7P/c1-2-4(7)5(8)3-6(9)13-14(10,11)12/h4-5,7-8H,2-3H2,1H3,(H2,10,11,12)/t4-,5+/m1/s1. The molecule has 0 amide bonds. The third kappa shape index (κ3) is 6.06. The average molecular weight is 228 g/mol. The van der Waals surface area contributed by atoms with Gasteiger partial charge in [0.2, 0.25) is 0 Å². The highest BCUT2D eigenvalue weighted by Gasteiger charge is 2.25. The van der Waals surface area contributed by atoms with Gasteiger partial charge in [0.15, 0.2) is 0 Å². The molecule has 14 heavy (non-hydrogen) atoms. The maximum absolute atomic E-state index is 10.7. The molecule has 84 valence electrons. The van der Waals surface area contributed by atoms with Crippen molar-refractivity contribution in [2.45, 2.75) is 32.0 Å². The van der Waals surface area contributed by atoms with Crippen molar-refractivity contribution in [2.75, 3.05) is 0 Å². The van der Waals surface area contributed by atoms with Gasteiger partial charge in [0.25, 0.3) is 0 Å². The average Bonchev–Trinajstić information content (AvgIpc) is 1.99. The molecule has 0 aromatic rings. The molecule has 7 nitrogen and oxygen atoms in total. The molecule has 0 aliphatic heterocycles. The van der Waals surface area contributed by atoms with E-state index in [0.717, 1.165) is 0 Å². The second-order valence-electron chi connectivity index (χ2n) is 2.70. The number of phosphoric acid groups is 1. The fourth-order valence-electron chi connectivity index (χ4n) is 0.749. The Labute approximate surface area is 80.6 Å². The molecule has 8 heteroatoms. The summed E-state index contributed by atoms with van der Waals surface area (Å²) in [6.07, 6.45) is -2.91. The summed E-state index contributed by atoms with van der Waals surface area (Å²) in [6.45, 7) is 1.59. The minimum Gasteiger partial charge on any atom is -0.390 e. The summed E-state index contributed by atoms with van der Waals surface area (Å²) in [7, 11) is -4.86. The normalized spacial score (nSPS) is 16.1. The maximum Gasteiger partial charge on any atom is 0.526 e. The van der Waals surface area contributed by atoms with Gasteiger partial charge in [-0.2, -0.15) is 0 Å². The summed E-state index contributed by atoms with van der Waals surface area (Å²) in [5, 5.41) is 18.1. The third-order valence-electron chi connectivity index (χ3n) is 1.46. The van der Waals surface area contributed by atoms with Crippen molar-refractivity contribution >= 4 is 13.8 Å². The zero-order chi connectivity index (χ0) is 11.4. The van der Waals surface area contributed by atoms with Gasteiger partial charge in [0, 0.05) is 0 Å². The first-order valence-electron chi connectivity index (χ1n) is 3.90. The predicted octanol–water partition coefficient (Wildman–Crippen LogP) is -0.856. The van der Waals surface area contributed by atoms with Gasteiger partial charge in [0.1, 0.15) is 0 Å². The van der Waals surface area contributed by atoms with Crippen LogP contribution in [0.5, 0.6) is 0 Å². The Bertz CT molecular complexity index is 234. The minimum atomic E-state index is -4.86. The van der Waals surface area contributed by atoms with Crippen molar-refractivity contribution in [3.63, 3.8) is 0 Å². The molecule has 2 atom stereocenters. The van der Waals surface area contributed by atoms with Crippen LogP contribution in [0.1, 0.15) is 19.8 Å². The topological polar surface area (TPSA) is 124 Å². The van der Waals surface area contributed by atoms with E-state index >= 15 is 0 Å². The van der Waals surface area contributed by atoms with Gasteiger partial charge in [-0.05, 0) is 6.42 Å². The number of hydrogen-bond acceptors (Lipinski definition) is 5. The minimum absolute atomic E-state index is 0.227. The van der Waals surface area contributed by atoms with Gasteiger partial charge in [-0.1, -0.05) is 6.92 Å². The van der Waals surface area contributed by atoms with Crippen LogP contribution in [0.15, 0.2) is 0 Å². The number of carbonyl (C=O) groups excluding carboxylic acids is 1. The van der Waals surface area contributed by atoms with Crippen LogP contribution in [0.3, 0.4) is 0 Å². The Morgan fingerprint density at radius 1 is 1.36 bits per heavy atom. The number of rotatable bonds is 5. The van der Waals surface area contributed by atoms with Crippen molar-refractivity contribution < 1.29 is 33.9 Å². The predicted molar refractivity (Wildman–Crippen MR) is 45.1 cm³/mol. The highest BCUT2D eigenvalue weighted by atomic mass is 31.2. The zero-order valence-electron chi connectivity index (χ0n) is 7.53. The van der Waals surface area contributed by atoms with Gasteiger partial charge < -0.3 is 14.7 Å². The van der Waals surface area contributed by atoms with Gasteiger partial charge in [-0.15, -0.1) is 0 Å². The molecule has 0 aromatic carbocycles. The smallest absolute Gasteiger partial charge is 0.390 e. The van der Waals surface area contributed by atoms with Crippen molar-refractivity contribution in [2.24, 2.45) is 0 Å². The van der Waals surface area contributed by atoms with Crippen molar-refractivity contribution in [3.8, 4) is 0 Å². The van der Waals surface area contributed by atoms with E-state index in [1.54, 1.807) is 6.92 Å². The lowest BCUT2D eigenvalue weighted by Gasteiger charge is -2.15. The molecule has 0 bridgehead atoms. The molecule has 0 heterocycles. The lowest BCUT2D eigenvalue weighted by Crippen LogP contribution is -2.28. The van der Waals surface area contributed by atoms with Crippen LogP contribution in [-0.4, -0.2) is 38.2 Å². The lowest BCUT2D eigenvalue weighted by atomic mass is 10.1. The molecular formula is C6H13O7P. The summed E-state index contributed by atoms with van der Waals surface area (Å²) in [6, 6.07) is 0. The largest absolute Gasteiger partial charge is 0.526 e. The molecule has 0 saturated carbocycles. The number of aliphatic hydroxyl groups is 2. The van der Waals surface area contributed by atoms with E-state index in [1.807, 2.05) is 0 Å². The fraction of sp³-hybridized carbons (Fsp3) is 0.833. The van der Waals surface area contributed by atoms with Gasteiger partial charge in [0.05, 0.1) is 18.6 Å². The van der Waals surface area contributed by atoms with Crippen molar-refractivity contribution in [3.05, 3.63) is 0 Å². The van der Waals surface area contributed by atoms with Gasteiger partial charge >= 0.3 is 13.8 Å². The van der Waals surface area contributed by atoms with E-state index < -0.39 is 32.4 Å². The summed E-state index contributed by atoms with van der Waals surface area (Å²) in [4.78, 5) is 27.1. The molecule has 0 rings (SSSR count). The van der Waals surface area contributed by atoms with E-state index in [9.17, 15) is 9.36 Å². The molecule has 0 aliphatic rings. The molecular weight excluding hydrogens is 215 g/mol. The first-order chi connectivity index (χ1) is 6.26. The summed E-state index contributed by atoms with van der Waals surface area (Å²) >= 11 is 0.